The van der Waals surface area contributed by atoms with Crippen molar-refractivity contribution in [2.24, 2.45) is 5.92 Å². The van der Waals surface area contributed by atoms with Crippen molar-refractivity contribution in [1.29, 1.82) is 0 Å². The Kier molecular flexibility index (Phi) is 6.12. The minimum Gasteiger partial charge on any atom is -0.308 e. The average Bonchev–Trinajstić information content (AvgIpc) is 2.70. The molecule has 2 nitrogen and oxygen atoms in total. The topological polar surface area (TPSA) is 24.9 Å². The Balaban J connectivity index is 2.16. The number of aromatic nitrogens is 1. The van der Waals surface area contributed by atoms with Crippen molar-refractivity contribution in [3.8, 4) is 0 Å². The molecule has 0 aliphatic heterocycles. The Hall–Kier alpha value is -0.600. The number of hydrogen-bond acceptors (Lipinski definition) is 2. The van der Waals surface area contributed by atoms with Crippen LogP contribution in [0.25, 0.3) is 0 Å². The molecule has 1 saturated carbocycles. The molecule has 3 heteroatoms. The molecule has 1 aromatic heterocycles. The van der Waals surface area contributed by atoms with Gasteiger partial charge in [-0.2, -0.15) is 0 Å². The number of halogens is 1. The normalized spacial score (nSPS) is 19.1. The van der Waals surface area contributed by atoms with Gasteiger partial charge in [0.2, 0.25) is 0 Å². The van der Waals surface area contributed by atoms with Gasteiger partial charge in [0.1, 0.15) is 0 Å². The maximum absolute atomic E-state index is 6.36. The first-order valence-electron chi connectivity index (χ1n) is 7.66. The Labute approximate surface area is 122 Å². The minimum absolute atomic E-state index is 0.326. The van der Waals surface area contributed by atoms with Crippen LogP contribution in [0.1, 0.15) is 63.6 Å². The molecule has 2 rings (SSSR count). The van der Waals surface area contributed by atoms with Crippen LogP contribution >= 0.6 is 11.6 Å². The molecule has 1 aliphatic rings. The van der Waals surface area contributed by atoms with E-state index in [1.165, 1.54) is 38.5 Å². The molecule has 0 radical (unpaired) electrons. The van der Waals surface area contributed by atoms with Gasteiger partial charge in [-0.15, -0.1) is 0 Å². The maximum Gasteiger partial charge on any atom is 0.0761 e. The predicted octanol–water partition coefficient (Wildman–Crippen LogP) is 4.75. The van der Waals surface area contributed by atoms with Crippen molar-refractivity contribution >= 4 is 11.6 Å². The molecule has 1 unspecified atom stereocenters. The largest absolute Gasteiger partial charge is 0.308 e. The molecule has 0 amide bonds. The van der Waals surface area contributed by atoms with Gasteiger partial charge in [-0.3, -0.25) is 4.98 Å². The van der Waals surface area contributed by atoms with E-state index < -0.39 is 0 Å². The summed E-state index contributed by atoms with van der Waals surface area (Å²) in [4.78, 5) is 4.54. The van der Waals surface area contributed by atoms with Crippen molar-refractivity contribution in [2.45, 2.75) is 57.9 Å². The van der Waals surface area contributed by atoms with E-state index in [0.29, 0.717) is 12.0 Å². The van der Waals surface area contributed by atoms with Crippen molar-refractivity contribution in [1.82, 2.24) is 10.3 Å². The molecule has 1 N–H and O–H groups in total. The number of pyridine rings is 1. The van der Waals surface area contributed by atoms with E-state index in [2.05, 4.69) is 17.2 Å². The highest BCUT2D eigenvalue weighted by Gasteiger charge is 2.26. The van der Waals surface area contributed by atoms with Gasteiger partial charge in [-0.05, 0) is 43.9 Å². The minimum atomic E-state index is 0.326. The van der Waals surface area contributed by atoms with Gasteiger partial charge in [0, 0.05) is 6.20 Å². The summed E-state index contributed by atoms with van der Waals surface area (Å²) < 4.78 is 0. The van der Waals surface area contributed by atoms with E-state index in [1.54, 1.807) is 0 Å². The van der Waals surface area contributed by atoms with Crippen LogP contribution in [-0.2, 0) is 0 Å². The summed E-state index contributed by atoms with van der Waals surface area (Å²) in [6.07, 6.45) is 11.1. The molecule has 1 aromatic rings. The fraction of sp³-hybridized carbons (Fsp3) is 0.688. The molecule has 1 atom stereocenters. The molecule has 0 bridgehead atoms. The van der Waals surface area contributed by atoms with Crippen molar-refractivity contribution in [3.05, 3.63) is 29.0 Å². The second-order valence-electron chi connectivity index (χ2n) is 5.55. The number of hydrogen-bond donors (Lipinski definition) is 1. The van der Waals surface area contributed by atoms with E-state index in [4.69, 9.17) is 11.6 Å². The van der Waals surface area contributed by atoms with E-state index >= 15 is 0 Å². The lowest BCUT2D eigenvalue weighted by molar-refractivity contribution is 0.320. The third kappa shape index (κ3) is 4.19. The zero-order valence-electron chi connectivity index (χ0n) is 11.9. The van der Waals surface area contributed by atoms with Gasteiger partial charge in [-0.25, -0.2) is 0 Å². The van der Waals surface area contributed by atoms with Crippen molar-refractivity contribution < 1.29 is 0 Å². The molecule has 1 heterocycles. The molecule has 0 spiro atoms. The molecule has 0 aromatic carbocycles. The van der Waals surface area contributed by atoms with Gasteiger partial charge in [0.15, 0.2) is 0 Å². The van der Waals surface area contributed by atoms with Gasteiger partial charge in [0.05, 0.1) is 16.8 Å². The molecule has 1 aliphatic carbocycles. The highest BCUT2D eigenvalue weighted by atomic mass is 35.5. The SMILES string of the molecule is CCCNC(c1ncccc1Cl)C1CCCCCC1. The summed E-state index contributed by atoms with van der Waals surface area (Å²) >= 11 is 6.36. The molecular weight excluding hydrogens is 256 g/mol. The van der Waals surface area contributed by atoms with E-state index in [1.807, 2.05) is 18.3 Å². The summed E-state index contributed by atoms with van der Waals surface area (Å²) in [6, 6.07) is 4.20. The maximum atomic E-state index is 6.36. The Bertz CT molecular complexity index is 373. The second kappa shape index (κ2) is 7.86. The van der Waals surface area contributed by atoms with Crippen LogP contribution in [0.3, 0.4) is 0 Å². The third-order valence-electron chi connectivity index (χ3n) is 4.07. The first-order chi connectivity index (χ1) is 9.33. The van der Waals surface area contributed by atoms with Crippen LogP contribution in [0.5, 0.6) is 0 Å². The molecule has 106 valence electrons. The standard InChI is InChI=1S/C16H25ClN2/c1-2-11-18-15(13-8-5-3-4-6-9-13)16-14(17)10-7-12-19-16/h7,10,12-13,15,18H,2-6,8-9,11H2,1H3. The van der Waals surface area contributed by atoms with E-state index in [-0.39, 0.29) is 0 Å². The van der Waals surface area contributed by atoms with E-state index in [0.717, 1.165) is 23.7 Å². The predicted molar refractivity (Wildman–Crippen MR) is 81.5 cm³/mol. The summed E-state index contributed by atoms with van der Waals surface area (Å²) in [6.45, 7) is 3.24. The highest BCUT2D eigenvalue weighted by Crippen LogP contribution is 2.35. The fourth-order valence-electron chi connectivity index (χ4n) is 3.06. The van der Waals surface area contributed by atoms with Crippen LogP contribution < -0.4 is 5.32 Å². The smallest absolute Gasteiger partial charge is 0.0761 e. The Morgan fingerprint density at radius 3 is 2.68 bits per heavy atom. The van der Waals surface area contributed by atoms with Gasteiger partial charge in [-0.1, -0.05) is 44.2 Å². The molecular formula is C16H25ClN2. The highest BCUT2D eigenvalue weighted by molar-refractivity contribution is 6.31. The first kappa shape index (κ1) is 14.8. The summed E-state index contributed by atoms with van der Waals surface area (Å²) in [5, 5.41) is 4.48. The summed E-state index contributed by atoms with van der Waals surface area (Å²) in [5.74, 6) is 0.682. The van der Waals surface area contributed by atoms with Gasteiger partial charge >= 0.3 is 0 Å². The zero-order valence-corrected chi connectivity index (χ0v) is 12.6. The Morgan fingerprint density at radius 1 is 1.32 bits per heavy atom. The zero-order chi connectivity index (χ0) is 13.5. The lowest BCUT2D eigenvalue weighted by atomic mass is 9.89. The van der Waals surface area contributed by atoms with Crippen molar-refractivity contribution in [2.75, 3.05) is 6.54 Å². The van der Waals surface area contributed by atoms with Gasteiger partial charge < -0.3 is 5.32 Å². The van der Waals surface area contributed by atoms with Crippen LogP contribution in [-0.4, -0.2) is 11.5 Å². The monoisotopic (exact) mass is 280 g/mol. The second-order valence-corrected chi connectivity index (χ2v) is 5.96. The lowest BCUT2D eigenvalue weighted by Gasteiger charge is -2.27. The number of nitrogens with one attached hydrogen (secondary N) is 1. The van der Waals surface area contributed by atoms with Gasteiger partial charge in [0.25, 0.3) is 0 Å². The van der Waals surface area contributed by atoms with Crippen LogP contribution in [0.2, 0.25) is 5.02 Å². The fourth-order valence-corrected chi connectivity index (χ4v) is 3.30. The third-order valence-corrected chi connectivity index (χ3v) is 4.39. The summed E-state index contributed by atoms with van der Waals surface area (Å²) in [5.41, 5.74) is 1.05. The summed E-state index contributed by atoms with van der Waals surface area (Å²) in [7, 11) is 0. The van der Waals surface area contributed by atoms with Crippen LogP contribution in [0.4, 0.5) is 0 Å². The Morgan fingerprint density at radius 2 is 2.05 bits per heavy atom. The van der Waals surface area contributed by atoms with Crippen LogP contribution in [0, 0.1) is 5.92 Å². The first-order valence-corrected chi connectivity index (χ1v) is 8.04. The number of nitrogens with zero attached hydrogens (tertiary/aromatic N) is 1. The molecule has 19 heavy (non-hydrogen) atoms. The number of rotatable bonds is 5. The molecule has 0 saturated heterocycles. The van der Waals surface area contributed by atoms with Crippen molar-refractivity contribution in [3.63, 3.8) is 0 Å². The lowest BCUT2D eigenvalue weighted by Crippen LogP contribution is -2.30. The quantitative estimate of drug-likeness (QED) is 0.788. The van der Waals surface area contributed by atoms with E-state index in [9.17, 15) is 0 Å². The molecule has 1 fully saturated rings. The average molecular weight is 281 g/mol. The van der Waals surface area contributed by atoms with Crippen LogP contribution in [0.15, 0.2) is 18.3 Å².